The number of aromatic carboxylic acids is 1. The van der Waals surface area contributed by atoms with Crippen LogP contribution in [0.4, 0.5) is 11.4 Å². The van der Waals surface area contributed by atoms with Crippen LogP contribution >= 0.6 is 0 Å². The predicted octanol–water partition coefficient (Wildman–Crippen LogP) is 3.12. The fourth-order valence-electron chi connectivity index (χ4n) is 4.60. The average Bonchev–Trinajstić information content (AvgIpc) is 2.88. The normalized spacial score (nSPS) is 11.4. The van der Waals surface area contributed by atoms with Gasteiger partial charge in [-0.15, -0.1) is 0 Å². The minimum atomic E-state index is -1.25. The molecule has 1 unspecified atom stereocenters. The molecule has 0 heterocycles. The second-order valence-corrected chi connectivity index (χ2v) is 9.31. The Morgan fingerprint density at radius 2 is 1.62 bits per heavy atom. The topological polar surface area (TPSA) is 73.6 Å². The third kappa shape index (κ3) is 6.67. The summed E-state index contributed by atoms with van der Waals surface area (Å²) in [6.45, 7) is 11.6. The van der Waals surface area contributed by atoms with Crippen LogP contribution in [0, 0.1) is 12.5 Å². The molecule has 0 bridgehead atoms. The Bertz CT molecular complexity index is 1470. The fourth-order valence-corrected chi connectivity index (χ4v) is 4.60. The first-order valence-corrected chi connectivity index (χ1v) is 12.0. The third-order valence-electron chi connectivity index (χ3n) is 6.32. The zero-order chi connectivity index (χ0) is 25.7. The molecular weight excluding hydrogens is 471 g/mol. The molecule has 180 valence electrons. The van der Waals surface area contributed by atoms with Crippen LogP contribution in [0.25, 0.3) is 15.6 Å². The molecule has 5 nitrogen and oxygen atoms in total. The van der Waals surface area contributed by atoms with E-state index in [0.717, 1.165) is 21.9 Å². The van der Waals surface area contributed by atoms with Crippen LogP contribution in [-0.4, -0.2) is 11.9 Å². The van der Waals surface area contributed by atoms with Crippen LogP contribution in [0.1, 0.15) is 53.2 Å². The summed E-state index contributed by atoms with van der Waals surface area (Å²) < 4.78 is 0. The Hall–Kier alpha value is -3.43. The van der Waals surface area contributed by atoms with Crippen molar-refractivity contribution in [2.24, 2.45) is 5.92 Å². The van der Waals surface area contributed by atoms with Crippen molar-refractivity contribution in [1.82, 2.24) is 0 Å². The maximum Gasteiger partial charge on any atom is 1.00 e. The first-order valence-electron chi connectivity index (χ1n) is 12.0. The minimum Gasteiger partial charge on any atom is -0.545 e. The van der Waals surface area contributed by atoms with Crippen molar-refractivity contribution in [3.63, 3.8) is 0 Å². The zero-order valence-corrected chi connectivity index (χ0v) is 23.3. The predicted molar refractivity (Wildman–Crippen MR) is 141 cm³/mol. The van der Waals surface area contributed by atoms with E-state index in [1.54, 1.807) is 36.4 Å². The Morgan fingerprint density at radius 3 is 2.35 bits per heavy atom. The molecule has 4 aromatic carbocycles. The Balaban J connectivity index is 0.00000380. The summed E-state index contributed by atoms with van der Waals surface area (Å²) in [5.74, 6) is -1.52. The number of fused-ring (bicyclic) bond motifs is 1. The van der Waals surface area contributed by atoms with Gasteiger partial charge < -0.3 is 15.2 Å². The standard InChI is InChI=1S/C31H28N2O3.Na/c1-20(2)17-28(27-14-8-11-21-9-4-6-12-25(21)27)30(34)33-29-19-24(32-3)16-15-23(29)18-22-10-5-7-13-26(22)31(35)36;/h4-16,19-20,28H,17-18H2,1-2H3,(H,33,34)(H,35,36);/q;+1/p-1. The molecule has 1 N–H and O–H groups in total. The van der Waals surface area contributed by atoms with Crippen molar-refractivity contribution >= 4 is 34.0 Å². The van der Waals surface area contributed by atoms with Crippen LogP contribution in [0.5, 0.6) is 0 Å². The number of carboxylic acids is 1. The summed E-state index contributed by atoms with van der Waals surface area (Å²) in [7, 11) is 0. The molecule has 0 aliphatic heterocycles. The molecule has 0 saturated carbocycles. The molecule has 0 spiro atoms. The maximum atomic E-state index is 13.8. The molecule has 0 saturated heterocycles. The number of carbonyl (C=O) groups is 2. The first kappa shape index (κ1) is 28.1. The molecule has 0 radical (unpaired) electrons. The van der Waals surface area contributed by atoms with Crippen LogP contribution in [0.15, 0.2) is 84.9 Å². The zero-order valence-electron chi connectivity index (χ0n) is 21.3. The van der Waals surface area contributed by atoms with Crippen LogP contribution in [-0.2, 0) is 11.2 Å². The van der Waals surface area contributed by atoms with E-state index >= 15 is 0 Å². The maximum absolute atomic E-state index is 13.8. The van der Waals surface area contributed by atoms with Gasteiger partial charge in [0.05, 0.1) is 18.5 Å². The van der Waals surface area contributed by atoms with Gasteiger partial charge >= 0.3 is 29.6 Å². The van der Waals surface area contributed by atoms with E-state index in [9.17, 15) is 14.7 Å². The van der Waals surface area contributed by atoms with Crippen LogP contribution in [0.2, 0.25) is 0 Å². The largest absolute Gasteiger partial charge is 1.00 e. The molecule has 6 heteroatoms. The number of hydrogen-bond acceptors (Lipinski definition) is 3. The van der Waals surface area contributed by atoms with Crippen molar-refractivity contribution in [3.8, 4) is 0 Å². The fraction of sp³-hybridized carbons (Fsp3) is 0.194. The van der Waals surface area contributed by atoms with E-state index in [4.69, 9.17) is 6.57 Å². The second kappa shape index (κ2) is 12.7. The van der Waals surface area contributed by atoms with Gasteiger partial charge in [0, 0.05) is 17.7 Å². The molecule has 1 amide bonds. The molecule has 37 heavy (non-hydrogen) atoms. The second-order valence-electron chi connectivity index (χ2n) is 9.31. The number of nitrogens with zero attached hydrogens (tertiary/aromatic N) is 1. The summed E-state index contributed by atoms with van der Waals surface area (Å²) in [5, 5.41) is 16.8. The first-order chi connectivity index (χ1) is 17.4. The average molecular weight is 499 g/mol. The van der Waals surface area contributed by atoms with Gasteiger partial charge in [-0.1, -0.05) is 92.7 Å². The van der Waals surface area contributed by atoms with Gasteiger partial charge in [0.2, 0.25) is 5.91 Å². The number of benzene rings is 4. The van der Waals surface area contributed by atoms with Crippen molar-refractivity contribution in [2.45, 2.75) is 32.6 Å². The van der Waals surface area contributed by atoms with Gasteiger partial charge in [-0.3, -0.25) is 4.79 Å². The van der Waals surface area contributed by atoms with E-state index in [-0.39, 0.29) is 53.4 Å². The van der Waals surface area contributed by atoms with Gasteiger partial charge in [0.25, 0.3) is 0 Å². The third-order valence-corrected chi connectivity index (χ3v) is 6.32. The molecule has 0 aliphatic carbocycles. The number of carboxylic acid groups (broad SMARTS) is 1. The molecule has 4 rings (SSSR count). The van der Waals surface area contributed by atoms with Gasteiger partial charge in [-0.25, -0.2) is 4.85 Å². The molecule has 0 aliphatic rings. The summed E-state index contributed by atoms with van der Waals surface area (Å²) in [6.07, 6.45) is 0.937. The Morgan fingerprint density at radius 1 is 0.919 bits per heavy atom. The molecule has 1 atom stereocenters. The minimum absolute atomic E-state index is 0. The van der Waals surface area contributed by atoms with Gasteiger partial charge in [0.1, 0.15) is 0 Å². The Labute approximate surface area is 239 Å². The van der Waals surface area contributed by atoms with Crippen molar-refractivity contribution in [3.05, 3.63) is 119 Å². The summed E-state index contributed by atoms with van der Waals surface area (Å²) >= 11 is 0. The monoisotopic (exact) mass is 498 g/mol. The quantitative estimate of drug-likeness (QED) is 0.300. The van der Waals surface area contributed by atoms with E-state index in [1.807, 2.05) is 42.5 Å². The van der Waals surface area contributed by atoms with Crippen molar-refractivity contribution < 1.29 is 44.3 Å². The molecule has 4 aromatic rings. The number of anilines is 1. The number of nitrogens with one attached hydrogen (secondary N) is 1. The number of rotatable bonds is 8. The van der Waals surface area contributed by atoms with Crippen LogP contribution < -0.4 is 40.0 Å². The van der Waals surface area contributed by atoms with E-state index < -0.39 is 11.9 Å². The van der Waals surface area contributed by atoms with Gasteiger partial charge in [-0.05, 0) is 45.9 Å². The number of hydrogen-bond donors (Lipinski definition) is 1. The number of amides is 1. The van der Waals surface area contributed by atoms with E-state index in [1.165, 1.54) is 6.07 Å². The molecule has 0 fully saturated rings. The van der Waals surface area contributed by atoms with E-state index in [0.29, 0.717) is 23.4 Å². The molecular formula is C31H27N2NaO3. The summed E-state index contributed by atoms with van der Waals surface area (Å²) in [6, 6.07) is 25.8. The van der Waals surface area contributed by atoms with Gasteiger partial charge in [0.15, 0.2) is 5.69 Å². The van der Waals surface area contributed by atoms with Crippen molar-refractivity contribution in [2.75, 3.05) is 5.32 Å². The van der Waals surface area contributed by atoms with E-state index in [2.05, 4.69) is 24.0 Å². The SMILES string of the molecule is [C-]#[N+]c1ccc(Cc2ccccc2C(=O)[O-])c(NC(=O)C(CC(C)C)c2cccc3ccccc23)c1.[Na+]. The summed E-state index contributed by atoms with van der Waals surface area (Å²) in [5.41, 5.74) is 3.28. The summed E-state index contributed by atoms with van der Waals surface area (Å²) in [4.78, 5) is 28.9. The van der Waals surface area contributed by atoms with Crippen molar-refractivity contribution in [1.29, 1.82) is 0 Å². The van der Waals surface area contributed by atoms with Crippen LogP contribution in [0.3, 0.4) is 0 Å². The Kier molecular flexibility index (Phi) is 9.66. The number of carbonyl (C=O) groups excluding carboxylic acids is 2. The smallest absolute Gasteiger partial charge is 0.545 e. The molecule has 0 aromatic heterocycles. The van der Waals surface area contributed by atoms with Gasteiger partial charge in [-0.2, -0.15) is 0 Å².